The Morgan fingerprint density at radius 1 is 1.18 bits per heavy atom. The minimum Gasteiger partial charge on any atom is -0.444 e. The zero-order chi connectivity index (χ0) is 17.0. The number of likely N-dealkylation sites (tertiary alicyclic amines) is 1. The largest absolute Gasteiger partial charge is 0.444 e. The van der Waals surface area contributed by atoms with Crippen LogP contribution in [-0.2, 0) is 9.53 Å². The van der Waals surface area contributed by atoms with E-state index in [9.17, 15) is 9.59 Å². The highest BCUT2D eigenvalue weighted by Crippen LogP contribution is 2.20. The number of ether oxygens (including phenoxy) is 1. The van der Waals surface area contributed by atoms with E-state index in [2.05, 4.69) is 10.6 Å². The summed E-state index contributed by atoms with van der Waals surface area (Å²) in [6, 6.07) is 0.0947. The van der Waals surface area contributed by atoms with E-state index in [1.165, 1.54) is 0 Å². The first-order valence-electron chi connectivity index (χ1n) is 7.99. The first-order valence-corrected chi connectivity index (χ1v) is 7.99. The van der Waals surface area contributed by atoms with E-state index in [0.29, 0.717) is 6.54 Å². The molecular weight excluding hydrogens is 282 g/mol. The standard InChI is InChI=1S/C16H31N3O3/c1-15(2,3)18-13(20)11-17-10-12-8-7-9-19(12)14(21)22-16(4,5)6/h12,17H,7-11H2,1-6H3,(H,18,20). The van der Waals surface area contributed by atoms with Crippen molar-refractivity contribution in [2.24, 2.45) is 0 Å². The van der Waals surface area contributed by atoms with Gasteiger partial charge in [0.1, 0.15) is 5.60 Å². The number of nitrogens with zero attached hydrogens (tertiary/aromatic N) is 1. The van der Waals surface area contributed by atoms with Crippen molar-refractivity contribution in [1.82, 2.24) is 15.5 Å². The van der Waals surface area contributed by atoms with Crippen LogP contribution in [0.15, 0.2) is 0 Å². The first kappa shape index (κ1) is 18.7. The van der Waals surface area contributed by atoms with Gasteiger partial charge in [-0.2, -0.15) is 0 Å². The molecule has 6 nitrogen and oxygen atoms in total. The van der Waals surface area contributed by atoms with Crippen molar-refractivity contribution in [2.45, 2.75) is 71.6 Å². The minimum absolute atomic E-state index is 0.0330. The van der Waals surface area contributed by atoms with Crippen molar-refractivity contribution in [3.8, 4) is 0 Å². The molecule has 1 heterocycles. The fourth-order valence-electron chi connectivity index (χ4n) is 2.42. The summed E-state index contributed by atoms with van der Waals surface area (Å²) in [5.41, 5.74) is -0.709. The Bertz CT molecular complexity index is 396. The average Bonchev–Trinajstić information content (AvgIpc) is 2.72. The van der Waals surface area contributed by atoms with Crippen LogP contribution in [-0.4, -0.2) is 53.7 Å². The number of hydrogen-bond acceptors (Lipinski definition) is 4. The summed E-state index contributed by atoms with van der Waals surface area (Å²) in [5.74, 6) is -0.0330. The van der Waals surface area contributed by atoms with Crippen molar-refractivity contribution in [3.05, 3.63) is 0 Å². The fourth-order valence-corrected chi connectivity index (χ4v) is 2.42. The van der Waals surface area contributed by atoms with Gasteiger partial charge >= 0.3 is 6.09 Å². The second-order valence-corrected chi connectivity index (χ2v) is 7.90. The van der Waals surface area contributed by atoms with Gasteiger partial charge in [-0.3, -0.25) is 4.79 Å². The van der Waals surface area contributed by atoms with Crippen molar-refractivity contribution >= 4 is 12.0 Å². The molecule has 6 heteroatoms. The Balaban J connectivity index is 2.38. The second-order valence-electron chi connectivity index (χ2n) is 7.90. The molecule has 0 bridgehead atoms. The maximum absolute atomic E-state index is 12.2. The number of nitrogens with one attached hydrogen (secondary N) is 2. The molecule has 0 aromatic heterocycles. The Kier molecular flexibility index (Phi) is 6.23. The van der Waals surface area contributed by atoms with E-state index in [1.54, 1.807) is 4.90 Å². The molecule has 2 N–H and O–H groups in total. The molecule has 0 saturated carbocycles. The quantitative estimate of drug-likeness (QED) is 0.831. The van der Waals surface area contributed by atoms with Crippen molar-refractivity contribution in [2.75, 3.05) is 19.6 Å². The van der Waals surface area contributed by atoms with Gasteiger partial charge in [-0.05, 0) is 54.4 Å². The molecule has 1 rings (SSSR count). The van der Waals surface area contributed by atoms with Crippen LogP contribution < -0.4 is 10.6 Å². The minimum atomic E-state index is -0.482. The maximum Gasteiger partial charge on any atom is 0.410 e. The Morgan fingerprint density at radius 3 is 2.36 bits per heavy atom. The lowest BCUT2D eigenvalue weighted by Gasteiger charge is -2.29. The average molecular weight is 313 g/mol. The smallest absolute Gasteiger partial charge is 0.410 e. The third-order valence-corrected chi connectivity index (χ3v) is 3.19. The molecule has 1 unspecified atom stereocenters. The Morgan fingerprint density at radius 2 is 1.82 bits per heavy atom. The van der Waals surface area contributed by atoms with Crippen molar-refractivity contribution in [3.63, 3.8) is 0 Å². The molecule has 0 radical (unpaired) electrons. The van der Waals surface area contributed by atoms with E-state index in [1.807, 2.05) is 41.5 Å². The number of rotatable bonds is 4. The molecular formula is C16H31N3O3. The summed E-state index contributed by atoms with van der Waals surface area (Å²) < 4.78 is 5.43. The topological polar surface area (TPSA) is 70.7 Å². The maximum atomic E-state index is 12.2. The van der Waals surface area contributed by atoms with E-state index < -0.39 is 5.60 Å². The van der Waals surface area contributed by atoms with Gasteiger partial charge in [0.15, 0.2) is 0 Å². The molecule has 1 atom stereocenters. The third kappa shape index (κ3) is 7.11. The molecule has 22 heavy (non-hydrogen) atoms. The number of carbonyl (C=O) groups is 2. The summed E-state index contributed by atoms with van der Waals surface area (Å²) in [6.07, 6.45) is 1.64. The third-order valence-electron chi connectivity index (χ3n) is 3.19. The molecule has 1 fully saturated rings. The van der Waals surface area contributed by atoms with Crippen LogP contribution in [0, 0.1) is 0 Å². The summed E-state index contributed by atoms with van der Waals surface area (Å²) in [5, 5.41) is 6.04. The number of hydrogen-bond donors (Lipinski definition) is 2. The van der Waals surface area contributed by atoms with Gasteiger partial charge in [-0.1, -0.05) is 0 Å². The zero-order valence-corrected chi connectivity index (χ0v) is 14.8. The van der Waals surface area contributed by atoms with Gasteiger partial charge in [-0.15, -0.1) is 0 Å². The van der Waals surface area contributed by atoms with E-state index in [-0.39, 0.29) is 30.1 Å². The van der Waals surface area contributed by atoms with Gasteiger partial charge < -0.3 is 20.3 Å². The number of carbonyl (C=O) groups excluding carboxylic acids is 2. The summed E-state index contributed by atoms with van der Waals surface area (Å²) in [4.78, 5) is 25.7. The van der Waals surface area contributed by atoms with Gasteiger partial charge in [0, 0.05) is 24.7 Å². The van der Waals surface area contributed by atoms with E-state index in [0.717, 1.165) is 19.4 Å². The first-order chi connectivity index (χ1) is 9.98. The summed E-state index contributed by atoms with van der Waals surface area (Å²) in [7, 11) is 0. The molecule has 0 aromatic rings. The van der Waals surface area contributed by atoms with Gasteiger partial charge in [0.05, 0.1) is 6.54 Å². The van der Waals surface area contributed by atoms with Crippen LogP contribution in [0.4, 0.5) is 4.79 Å². The van der Waals surface area contributed by atoms with E-state index in [4.69, 9.17) is 4.74 Å². The van der Waals surface area contributed by atoms with Gasteiger partial charge in [0.25, 0.3) is 0 Å². The van der Waals surface area contributed by atoms with Crippen molar-refractivity contribution < 1.29 is 14.3 Å². The van der Waals surface area contributed by atoms with Crippen LogP contribution >= 0.6 is 0 Å². The molecule has 1 saturated heterocycles. The van der Waals surface area contributed by atoms with Crippen LogP contribution in [0.2, 0.25) is 0 Å². The molecule has 0 aromatic carbocycles. The molecule has 1 aliphatic heterocycles. The summed E-state index contributed by atoms with van der Waals surface area (Å²) >= 11 is 0. The highest BCUT2D eigenvalue weighted by molar-refractivity contribution is 5.78. The van der Waals surface area contributed by atoms with Gasteiger partial charge in [0.2, 0.25) is 5.91 Å². The Labute approximate surface area is 134 Å². The normalized spacial score (nSPS) is 19.2. The lowest BCUT2D eigenvalue weighted by Crippen LogP contribution is -2.48. The lowest BCUT2D eigenvalue weighted by atomic mass is 10.1. The van der Waals surface area contributed by atoms with Crippen LogP contribution in [0.5, 0.6) is 0 Å². The van der Waals surface area contributed by atoms with Crippen LogP contribution in [0.1, 0.15) is 54.4 Å². The number of amides is 2. The zero-order valence-electron chi connectivity index (χ0n) is 14.8. The SMILES string of the molecule is CC(C)(C)NC(=O)CNCC1CCCN1C(=O)OC(C)(C)C. The van der Waals surface area contributed by atoms with Crippen LogP contribution in [0.25, 0.3) is 0 Å². The van der Waals surface area contributed by atoms with Gasteiger partial charge in [-0.25, -0.2) is 4.79 Å². The highest BCUT2D eigenvalue weighted by Gasteiger charge is 2.31. The molecule has 0 spiro atoms. The van der Waals surface area contributed by atoms with E-state index >= 15 is 0 Å². The monoisotopic (exact) mass is 313 g/mol. The summed E-state index contributed by atoms with van der Waals surface area (Å²) in [6.45, 7) is 13.0. The molecule has 2 amide bonds. The lowest BCUT2D eigenvalue weighted by molar-refractivity contribution is -0.121. The Hall–Kier alpha value is -1.30. The fraction of sp³-hybridized carbons (Fsp3) is 0.875. The molecule has 1 aliphatic rings. The molecule has 0 aliphatic carbocycles. The predicted molar refractivity (Wildman–Crippen MR) is 86.7 cm³/mol. The predicted octanol–water partition coefficient (Wildman–Crippen LogP) is 1.89. The second kappa shape index (κ2) is 7.31. The molecule has 128 valence electrons. The highest BCUT2D eigenvalue weighted by atomic mass is 16.6. The van der Waals surface area contributed by atoms with Crippen molar-refractivity contribution in [1.29, 1.82) is 0 Å². The van der Waals surface area contributed by atoms with Crippen LogP contribution in [0.3, 0.4) is 0 Å².